The molecule has 2 rings (SSSR count). The third kappa shape index (κ3) is 2.96. The van der Waals surface area contributed by atoms with Crippen LogP contribution in [0.2, 0.25) is 0 Å². The summed E-state index contributed by atoms with van der Waals surface area (Å²) in [4.78, 5) is 14.6. The fourth-order valence-electron chi connectivity index (χ4n) is 1.64. The molecule has 1 aromatic carbocycles. The molecule has 0 saturated heterocycles. The third-order valence-corrected chi connectivity index (χ3v) is 2.98. The quantitative estimate of drug-likeness (QED) is 0.922. The zero-order valence-corrected chi connectivity index (χ0v) is 12.4. The van der Waals surface area contributed by atoms with Crippen molar-refractivity contribution in [1.29, 1.82) is 0 Å². The number of nitrogens with one attached hydrogen (secondary N) is 1. The molecule has 0 aliphatic rings. The number of benzene rings is 1. The van der Waals surface area contributed by atoms with Gasteiger partial charge in [-0.3, -0.25) is 0 Å². The van der Waals surface area contributed by atoms with Gasteiger partial charge < -0.3 is 15.0 Å². The van der Waals surface area contributed by atoms with Crippen molar-refractivity contribution in [3.8, 4) is 11.8 Å². The first-order valence-corrected chi connectivity index (χ1v) is 6.36. The SMILES string of the molecule is CNc1nc(Oc2cccc(C)c2C)nc(N(C)C)n1. The van der Waals surface area contributed by atoms with E-state index in [1.54, 1.807) is 11.9 Å². The molecule has 0 aliphatic heterocycles. The molecule has 1 N–H and O–H groups in total. The zero-order valence-electron chi connectivity index (χ0n) is 12.4. The summed E-state index contributed by atoms with van der Waals surface area (Å²) in [5, 5.41) is 2.91. The van der Waals surface area contributed by atoms with E-state index in [-0.39, 0.29) is 6.01 Å². The second-order valence-electron chi connectivity index (χ2n) is 4.69. The van der Waals surface area contributed by atoms with Crippen molar-refractivity contribution < 1.29 is 4.74 Å². The highest BCUT2D eigenvalue weighted by molar-refractivity contribution is 5.41. The molecule has 6 nitrogen and oxygen atoms in total. The summed E-state index contributed by atoms with van der Waals surface area (Å²) in [5.41, 5.74) is 2.24. The standard InChI is InChI=1S/C14H19N5O/c1-9-7-6-8-11(10(9)2)20-14-17-12(15-3)16-13(18-14)19(4)5/h6-8H,1-5H3,(H,15,16,17,18). The van der Waals surface area contributed by atoms with Gasteiger partial charge in [-0.05, 0) is 31.0 Å². The van der Waals surface area contributed by atoms with Gasteiger partial charge in [-0.1, -0.05) is 12.1 Å². The van der Waals surface area contributed by atoms with Gasteiger partial charge in [0.05, 0.1) is 0 Å². The lowest BCUT2D eigenvalue weighted by molar-refractivity contribution is 0.437. The van der Waals surface area contributed by atoms with Gasteiger partial charge in [-0.15, -0.1) is 0 Å². The van der Waals surface area contributed by atoms with E-state index in [0.29, 0.717) is 11.9 Å². The summed E-state index contributed by atoms with van der Waals surface area (Å²) in [6, 6.07) is 6.17. The van der Waals surface area contributed by atoms with E-state index in [1.165, 1.54) is 5.56 Å². The maximum atomic E-state index is 5.79. The Labute approximate surface area is 118 Å². The minimum absolute atomic E-state index is 0.279. The van der Waals surface area contributed by atoms with Crippen LogP contribution in [0.1, 0.15) is 11.1 Å². The molecule has 1 aromatic heterocycles. The highest BCUT2D eigenvalue weighted by atomic mass is 16.5. The highest BCUT2D eigenvalue weighted by Crippen LogP contribution is 2.25. The van der Waals surface area contributed by atoms with Crippen LogP contribution < -0.4 is 15.0 Å². The zero-order chi connectivity index (χ0) is 14.7. The first-order valence-electron chi connectivity index (χ1n) is 6.36. The molecule has 0 amide bonds. The Morgan fingerprint density at radius 3 is 2.50 bits per heavy atom. The van der Waals surface area contributed by atoms with Crippen LogP contribution in [-0.4, -0.2) is 36.1 Å². The molecule has 0 unspecified atom stereocenters. The molecule has 6 heteroatoms. The highest BCUT2D eigenvalue weighted by Gasteiger charge is 2.10. The Bertz CT molecular complexity index is 613. The van der Waals surface area contributed by atoms with Crippen molar-refractivity contribution in [3.63, 3.8) is 0 Å². The van der Waals surface area contributed by atoms with Crippen molar-refractivity contribution in [2.75, 3.05) is 31.4 Å². The van der Waals surface area contributed by atoms with Gasteiger partial charge in [0.15, 0.2) is 0 Å². The summed E-state index contributed by atoms with van der Waals surface area (Å²) in [7, 11) is 5.50. The van der Waals surface area contributed by atoms with Crippen LogP contribution in [0.25, 0.3) is 0 Å². The Hall–Kier alpha value is -2.37. The predicted octanol–water partition coefficient (Wildman–Crippen LogP) is 2.39. The lowest BCUT2D eigenvalue weighted by atomic mass is 10.1. The van der Waals surface area contributed by atoms with Crippen molar-refractivity contribution >= 4 is 11.9 Å². The summed E-state index contributed by atoms with van der Waals surface area (Å²) >= 11 is 0. The average Bonchev–Trinajstić information content (AvgIpc) is 2.43. The van der Waals surface area contributed by atoms with E-state index in [9.17, 15) is 0 Å². The molecule has 0 aliphatic carbocycles. The van der Waals surface area contributed by atoms with Gasteiger partial charge in [0, 0.05) is 21.1 Å². The molecule has 0 fully saturated rings. The summed E-state index contributed by atoms with van der Waals surface area (Å²) in [6.45, 7) is 4.05. The fraction of sp³-hybridized carbons (Fsp3) is 0.357. The summed E-state index contributed by atoms with van der Waals surface area (Å²) in [6.07, 6.45) is 0. The largest absolute Gasteiger partial charge is 0.424 e. The minimum Gasteiger partial charge on any atom is -0.424 e. The Balaban J connectivity index is 2.37. The monoisotopic (exact) mass is 273 g/mol. The van der Waals surface area contributed by atoms with Crippen LogP contribution in [-0.2, 0) is 0 Å². The number of anilines is 2. The van der Waals surface area contributed by atoms with Crippen LogP contribution >= 0.6 is 0 Å². The lowest BCUT2D eigenvalue weighted by Crippen LogP contribution is -2.15. The first kappa shape index (κ1) is 14.0. The molecule has 20 heavy (non-hydrogen) atoms. The molecular formula is C14H19N5O. The van der Waals surface area contributed by atoms with Gasteiger partial charge in [0.1, 0.15) is 5.75 Å². The van der Waals surface area contributed by atoms with Crippen LogP contribution in [0.15, 0.2) is 18.2 Å². The van der Waals surface area contributed by atoms with E-state index in [2.05, 4.69) is 20.3 Å². The Morgan fingerprint density at radius 1 is 1.10 bits per heavy atom. The van der Waals surface area contributed by atoms with Crippen molar-refractivity contribution in [1.82, 2.24) is 15.0 Å². The van der Waals surface area contributed by atoms with Gasteiger partial charge in [0.2, 0.25) is 11.9 Å². The second kappa shape index (κ2) is 5.73. The normalized spacial score (nSPS) is 10.2. The van der Waals surface area contributed by atoms with E-state index < -0.39 is 0 Å². The number of ether oxygens (including phenoxy) is 1. The molecule has 0 saturated carbocycles. The smallest absolute Gasteiger partial charge is 0.328 e. The number of aryl methyl sites for hydroxylation is 1. The number of hydrogen-bond donors (Lipinski definition) is 1. The summed E-state index contributed by atoms with van der Waals surface area (Å²) in [5.74, 6) is 1.77. The second-order valence-corrected chi connectivity index (χ2v) is 4.69. The molecule has 106 valence electrons. The van der Waals surface area contributed by atoms with Gasteiger partial charge >= 0.3 is 6.01 Å². The topological polar surface area (TPSA) is 63.2 Å². The predicted molar refractivity (Wildman–Crippen MR) is 79.7 cm³/mol. The van der Waals surface area contributed by atoms with E-state index in [0.717, 1.165) is 11.3 Å². The number of hydrogen-bond acceptors (Lipinski definition) is 6. The van der Waals surface area contributed by atoms with Crippen LogP contribution in [0.5, 0.6) is 11.8 Å². The Kier molecular flexibility index (Phi) is 4.02. The maximum absolute atomic E-state index is 5.79. The molecule has 0 atom stereocenters. The number of rotatable bonds is 4. The average molecular weight is 273 g/mol. The van der Waals surface area contributed by atoms with Crippen molar-refractivity contribution in [2.24, 2.45) is 0 Å². The Morgan fingerprint density at radius 2 is 1.85 bits per heavy atom. The maximum Gasteiger partial charge on any atom is 0.328 e. The van der Waals surface area contributed by atoms with E-state index in [4.69, 9.17) is 4.74 Å². The van der Waals surface area contributed by atoms with Crippen LogP contribution in [0.4, 0.5) is 11.9 Å². The van der Waals surface area contributed by atoms with Crippen molar-refractivity contribution in [2.45, 2.75) is 13.8 Å². The molecular weight excluding hydrogens is 254 g/mol. The van der Waals surface area contributed by atoms with Crippen LogP contribution in [0, 0.1) is 13.8 Å². The molecule has 1 heterocycles. The van der Waals surface area contributed by atoms with Gasteiger partial charge in [-0.2, -0.15) is 15.0 Å². The number of aromatic nitrogens is 3. The fourth-order valence-corrected chi connectivity index (χ4v) is 1.64. The summed E-state index contributed by atoms with van der Waals surface area (Å²) < 4.78 is 5.79. The van der Waals surface area contributed by atoms with Crippen molar-refractivity contribution in [3.05, 3.63) is 29.3 Å². The molecule has 0 spiro atoms. The van der Waals surface area contributed by atoms with Gasteiger partial charge in [0.25, 0.3) is 0 Å². The van der Waals surface area contributed by atoms with E-state index in [1.807, 2.05) is 46.1 Å². The molecule has 0 radical (unpaired) electrons. The third-order valence-electron chi connectivity index (χ3n) is 2.98. The first-order chi connectivity index (χ1) is 9.51. The van der Waals surface area contributed by atoms with Gasteiger partial charge in [-0.25, -0.2) is 0 Å². The van der Waals surface area contributed by atoms with Crippen LogP contribution in [0.3, 0.4) is 0 Å². The minimum atomic E-state index is 0.279. The molecule has 2 aromatic rings. The van der Waals surface area contributed by atoms with E-state index >= 15 is 0 Å². The number of nitrogens with zero attached hydrogens (tertiary/aromatic N) is 4. The lowest BCUT2D eigenvalue weighted by Gasteiger charge is -2.13. The molecule has 0 bridgehead atoms.